The number of amides is 2. The largest absolute Gasteiger partial charge is 0.355 e. The maximum Gasteiger partial charge on any atom is 0.251 e. The van der Waals surface area contributed by atoms with E-state index in [1.807, 2.05) is 0 Å². The van der Waals surface area contributed by atoms with Crippen molar-refractivity contribution in [1.29, 1.82) is 0 Å². The van der Waals surface area contributed by atoms with E-state index in [4.69, 9.17) is 0 Å². The molecule has 2 aromatic rings. The zero-order chi connectivity index (χ0) is 20.3. The van der Waals surface area contributed by atoms with Crippen LogP contribution in [0.5, 0.6) is 0 Å². The Bertz CT molecular complexity index is 1040. The second-order valence-corrected chi connectivity index (χ2v) is 8.71. The Labute approximate surface area is 164 Å². The highest BCUT2D eigenvalue weighted by molar-refractivity contribution is 7.90. The fraction of sp³-hybridized carbons (Fsp3) is 0.238. The van der Waals surface area contributed by atoms with Crippen LogP contribution in [0.1, 0.15) is 27.9 Å². The van der Waals surface area contributed by atoms with Crippen LogP contribution in [0.25, 0.3) is 6.08 Å². The van der Waals surface area contributed by atoms with E-state index < -0.39 is 9.84 Å². The van der Waals surface area contributed by atoms with Crippen molar-refractivity contribution in [2.45, 2.75) is 17.7 Å². The summed E-state index contributed by atoms with van der Waals surface area (Å²) in [5.41, 5.74) is 2.98. The van der Waals surface area contributed by atoms with Crippen LogP contribution in [-0.4, -0.2) is 40.1 Å². The number of carbonyl (C=O) groups is 2. The normalized spacial score (nSPS) is 14.0. The molecule has 0 bridgehead atoms. The highest BCUT2D eigenvalue weighted by Gasteiger charge is 2.22. The molecule has 1 heterocycles. The Hall–Kier alpha value is -2.93. The maximum absolute atomic E-state index is 12.7. The van der Waals surface area contributed by atoms with Gasteiger partial charge in [-0.25, -0.2) is 8.42 Å². The van der Waals surface area contributed by atoms with Gasteiger partial charge in [0.05, 0.1) is 4.90 Å². The predicted molar refractivity (Wildman–Crippen MR) is 109 cm³/mol. The molecule has 2 amide bonds. The second-order valence-electron chi connectivity index (χ2n) is 6.69. The van der Waals surface area contributed by atoms with Crippen molar-refractivity contribution in [2.24, 2.45) is 0 Å². The summed E-state index contributed by atoms with van der Waals surface area (Å²) in [5.74, 6) is -0.326. The molecule has 0 spiro atoms. The van der Waals surface area contributed by atoms with Crippen LogP contribution in [-0.2, 0) is 21.1 Å². The molecule has 0 fully saturated rings. The van der Waals surface area contributed by atoms with Crippen molar-refractivity contribution in [3.63, 3.8) is 0 Å². The van der Waals surface area contributed by atoms with Crippen LogP contribution in [0.4, 0.5) is 5.69 Å². The third-order valence-corrected chi connectivity index (χ3v) is 5.79. The SMILES string of the molecule is CNC(=O)c1ccc(/C=C/C(=O)N2CCCc3cc(S(C)(=O)=O)ccc32)cc1. The van der Waals surface area contributed by atoms with Gasteiger partial charge in [0.2, 0.25) is 0 Å². The maximum atomic E-state index is 12.7. The van der Waals surface area contributed by atoms with Gasteiger partial charge in [0.1, 0.15) is 0 Å². The number of hydrogen-bond donors (Lipinski definition) is 1. The quantitative estimate of drug-likeness (QED) is 0.802. The van der Waals surface area contributed by atoms with Crippen molar-refractivity contribution >= 4 is 33.4 Å². The fourth-order valence-electron chi connectivity index (χ4n) is 3.18. The van der Waals surface area contributed by atoms with E-state index in [0.29, 0.717) is 12.1 Å². The zero-order valence-electron chi connectivity index (χ0n) is 15.8. The lowest BCUT2D eigenvalue weighted by Crippen LogP contribution is -2.34. The third kappa shape index (κ3) is 4.31. The average Bonchev–Trinajstić information content (AvgIpc) is 2.70. The summed E-state index contributed by atoms with van der Waals surface area (Å²) in [6.07, 6.45) is 5.90. The first-order valence-corrected chi connectivity index (χ1v) is 10.8. The zero-order valence-corrected chi connectivity index (χ0v) is 16.6. The van der Waals surface area contributed by atoms with Crippen molar-refractivity contribution in [2.75, 3.05) is 24.7 Å². The Kier molecular flexibility index (Phi) is 5.65. The van der Waals surface area contributed by atoms with E-state index in [-0.39, 0.29) is 16.7 Å². The minimum absolute atomic E-state index is 0.162. The molecule has 3 rings (SSSR count). The number of hydrogen-bond acceptors (Lipinski definition) is 4. The van der Waals surface area contributed by atoms with Gasteiger partial charge in [-0.1, -0.05) is 12.1 Å². The van der Waals surface area contributed by atoms with Crippen LogP contribution in [0, 0.1) is 0 Å². The van der Waals surface area contributed by atoms with Gasteiger partial charge >= 0.3 is 0 Å². The summed E-state index contributed by atoms with van der Waals surface area (Å²) >= 11 is 0. The van der Waals surface area contributed by atoms with E-state index >= 15 is 0 Å². The number of carbonyl (C=O) groups excluding carboxylic acids is 2. The van der Waals surface area contributed by atoms with Crippen molar-refractivity contribution < 1.29 is 18.0 Å². The Balaban J connectivity index is 1.79. The first kappa shape index (κ1) is 19.8. The molecule has 0 aliphatic carbocycles. The van der Waals surface area contributed by atoms with Crippen LogP contribution in [0.3, 0.4) is 0 Å². The summed E-state index contributed by atoms with van der Waals surface area (Å²) in [5, 5.41) is 2.56. The lowest BCUT2D eigenvalue weighted by molar-refractivity contribution is -0.114. The number of rotatable bonds is 4. The number of anilines is 1. The van der Waals surface area contributed by atoms with Gasteiger partial charge in [-0.15, -0.1) is 0 Å². The van der Waals surface area contributed by atoms with Crippen molar-refractivity contribution in [3.8, 4) is 0 Å². The molecule has 0 saturated carbocycles. The van der Waals surface area contributed by atoms with E-state index in [1.165, 1.54) is 12.3 Å². The highest BCUT2D eigenvalue weighted by atomic mass is 32.2. The van der Waals surface area contributed by atoms with Crippen LogP contribution in [0.2, 0.25) is 0 Å². The molecule has 0 radical (unpaired) electrons. The molecule has 1 N–H and O–H groups in total. The van der Waals surface area contributed by atoms with Gasteiger partial charge in [0.15, 0.2) is 9.84 Å². The molecule has 0 unspecified atom stereocenters. The Morgan fingerprint density at radius 1 is 1.11 bits per heavy atom. The summed E-state index contributed by atoms with van der Waals surface area (Å²) in [4.78, 5) is 26.2. The van der Waals surface area contributed by atoms with Crippen molar-refractivity contribution in [1.82, 2.24) is 5.32 Å². The fourth-order valence-corrected chi connectivity index (χ4v) is 3.85. The first-order chi connectivity index (χ1) is 13.3. The molecular formula is C21H22N2O4S. The lowest BCUT2D eigenvalue weighted by Gasteiger charge is -2.29. The number of benzene rings is 2. The molecule has 0 aromatic heterocycles. The third-order valence-electron chi connectivity index (χ3n) is 4.68. The average molecular weight is 398 g/mol. The van der Waals surface area contributed by atoms with E-state index in [2.05, 4.69) is 5.32 Å². The van der Waals surface area contributed by atoms with E-state index in [9.17, 15) is 18.0 Å². The predicted octanol–water partition coefficient (Wildman–Crippen LogP) is 2.44. The molecule has 28 heavy (non-hydrogen) atoms. The molecule has 1 aliphatic heterocycles. The minimum atomic E-state index is -3.28. The molecule has 6 nitrogen and oxygen atoms in total. The number of fused-ring (bicyclic) bond motifs is 1. The molecule has 0 atom stereocenters. The molecular weight excluding hydrogens is 376 g/mol. The minimum Gasteiger partial charge on any atom is -0.355 e. The summed E-state index contributed by atoms with van der Waals surface area (Å²) in [6, 6.07) is 11.9. The number of nitrogens with zero attached hydrogens (tertiary/aromatic N) is 1. The standard InChI is InChI=1S/C21H22N2O4S/c1-22-21(25)16-8-5-15(6-9-16)7-12-20(24)23-13-3-4-17-14-18(28(2,26)27)10-11-19(17)23/h5-12,14H,3-4,13H2,1-2H3,(H,22,25)/b12-7+. The van der Waals surface area contributed by atoms with Crippen LogP contribution in [0.15, 0.2) is 53.4 Å². The van der Waals surface area contributed by atoms with Gasteiger partial charge in [-0.3, -0.25) is 9.59 Å². The Morgan fingerprint density at radius 2 is 1.82 bits per heavy atom. The molecule has 1 aliphatic rings. The van der Waals surface area contributed by atoms with Crippen LogP contribution < -0.4 is 10.2 Å². The van der Waals surface area contributed by atoms with E-state index in [1.54, 1.807) is 60.5 Å². The summed E-state index contributed by atoms with van der Waals surface area (Å²) < 4.78 is 23.5. The van der Waals surface area contributed by atoms with Crippen molar-refractivity contribution in [3.05, 3.63) is 65.2 Å². The Morgan fingerprint density at radius 3 is 2.46 bits per heavy atom. The topological polar surface area (TPSA) is 83.6 Å². The molecule has 2 aromatic carbocycles. The lowest BCUT2D eigenvalue weighted by atomic mass is 10.0. The van der Waals surface area contributed by atoms with Gasteiger partial charge in [-0.2, -0.15) is 0 Å². The molecule has 146 valence electrons. The van der Waals surface area contributed by atoms with Crippen LogP contribution >= 0.6 is 0 Å². The highest BCUT2D eigenvalue weighted by Crippen LogP contribution is 2.29. The summed E-state index contributed by atoms with van der Waals surface area (Å²) in [7, 11) is -1.70. The second kappa shape index (κ2) is 7.98. The van der Waals surface area contributed by atoms with Gasteiger partial charge in [-0.05, 0) is 60.4 Å². The number of aryl methyl sites for hydroxylation is 1. The van der Waals surface area contributed by atoms with Gasteiger partial charge in [0.25, 0.3) is 11.8 Å². The first-order valence-electron chi connectivity index (χ1n) is 8.94. The number of sulfone groups is 1. The molecule has 7 heteroatoms. The number of nitrogens with one attached hydrogen (secondary N) is 1. The smallest absolute Gasteiger partial charge is 0.251 e. The molecule has 0 saturated heterocycles. The van der Waals surface area contributed by atoms with Gasteiger partial charge < -0.3 is 10.2 Å². The monoisotopic (exact) mass is 398 g/mol. The van der Waals surface area contributed by atoms with E-state index in [0.717, 1.165) is 29.7 Å². The summed E-state index contributed by atoms with van der Waals surface area (Å²) in [6.45, 7) is 0.587. The van der Waals surface area contributed by atoms with Gasteiger partial charge in [0, 0.05) is 37.2 Å².